The van der Waals surface area contributed by atoms with Gasteiger partial charge in [0.05, 0.1) is 6.04 Å². The zero-order chi connectivity index (χ0) is 12.6. The molecule has 1 aliphatic heterocycles. The summed E-state index contributed by atoms with van der Waals surface area (Å²) in [6, 6.07) is 0.717. The number of amides is 1. The van der Waals surface area contributed by atoms with Crippen LogP contribution in [0.4, 0.5) is 4.79 Å². The summed E-state index contributed by atoms with van der Waals surface area (Å²) in [6.07, 6.45) is 2.12. The highest BCUT2D eigenvalue weighted by atomic mass is 16.6. The molecule has 1 saturated heterocycles. The van der Waals surface area contributed by atoms with E-state index in [0.717, 1.165) is 25.9 Å². The fourth-order valence-electron chi connectivity index (χ4n) is 2.39. The van der Waals surface area contributed by atoms with Crippen molar-refractivity contribution in [2.24, 2.45) is 5.92 Å². The van der Waals surface area contributed by atoms with Gasteiger partial charge in [-0.3, -0.25) is 0 Å². The molecule has 0 radical (unpaired) electrons. The van der Waals surface area contributed by atoms with Gasteiger partial charge >= 0.3 is 6.09 Å². The SMILES string of the molecule is CC1CNCC1N(C(=O)OC(C)(C)C)C1CC1. The van der Waals surface area contributed by atoms with Gasteiger partial charge in [0.15, 0.2) is 0 Å². The lowest BCUT2D eigenvalue weighted by Crippen LogP contribution is -2.47. The second-order valence-corrected chi connectivity index (χ2v) is 6.32. The van der Waals surface area contributed by atoms with Crippen LogP contribution in [0.25, 0.3) is 0 Å². The molecular weight excluding hydrogens is 216 g/mol. The van der Waals surface area contributed by atoms with Gasteiger partial charge in [-0.15, -0.1) is 0 Å². The lowest BCUT2D eigenvalue weighted by Gasteiger charge is -2.33. The quantitative estimate of drug-likeness (QED) is 0.802. The monoisotopic (exact) mass is 240 g/mol. The van der Waals surface area contributed by atoms with Crippen molar-refractivity contribution >= 4 is 6.09 Å². The second kappa shape index (κ2) is 4.48. The molecule has 1 N–H and O–H groups in total. The highest BCUT2D eigenvalue weighted by Crippen LogP contribution is 2.33. The lowest BCUT2D eigenvalue weighted by molar-refractivity contribution is 0.0121. The summed E-state index contributed by atoms with van der Waals surface area (Å²) in [7, 11) is 0. The first-order valence-corrected chi connectivity index (χ1v) is 6.60. The van der Waals surface area contributed by atoms with Crippen LogP contribution in [0, 0.1) is 5.92 Å². The molecule has 0 aromatic heterocycles. The molecule has 4 nitrogen and oxygen atoms in total. The normalized spacial score (nSPS) is 29.2. The minimum atomic E-state index is -0.403. The van der Waals surface area contributed by atoms with Crippen LogP contribution in [0.15, 0.2) is 0 Å². The maximum atomic E-state index is 12.2. The average Bonchev–Trinajstić information content (AvgIpc) is 2.89. The van der Waals surface area contributed by atoms with Crippen molar-refractivity contribution < 1.29 is 9.53 Å². The van der Waals surface area contributed by atoms with Gasteiger partial charge in [-0.25, -0.2) is 4.79 Å². The highest BCUT2D eigenvalue weighted by molar-refractivity contribution is 5.69. The fraction of sp³-hybridized carbons (Fsp3) is 0.923. The van der Waals surface area contributed by atoms with Crippen LogP contribution in [0.1, 0.15) is 40.5 Å². The Balaban J connectivity index is 2.04. The topological polar surface area (TPSA) is 41.6 Å². The van der Waals surface area contributed by atoms with E-state index in [1.807, 2.05) is 25.7 Å². The molecule has 1 aliphatic carbocycles. The number of carbonyl (C=O) groups is 1. The number of nitrogens with zero attached hydrogens (tertiary/aromatic N) is 1. The molecule has 2 rings (SSSR count). The zero-order valence-electron chi connectivity index (χ0n) is 11.3. The summed E-state index contributed by atoms with van der Waals surface area (Å²) >= 11 is 0. The Labute approximate surface area is 104 Å². The first-order valence-electron chi connectivity index (χ1n) is 6.60. The number of hydrogen-bond acceptors (Lipinski definition) is 3. The van der Waals surface area contributed by atoms with E-state index in [1.165, 1.54) is 0 Å². The molecular formula is C13H24N2O2. The molecule has 1 heterocycles. The maximum Gasteiger partial charge on any atom is 0.410 e. The van der Waals surface area contributed by atoms with Crippen LogP contribution in [-0.4, -0.2) is 41.8 Å². The summed E-state index contributed by atoms with van der Waals surface area (Å²) in [5, 5.41) is 3.35. The Kier molecular flexibility index (Phi) is 3.34. The fourth-order valence-corrected chi connectivity index (χ4v) is 2.39. The minimum absolute atomic E-state index is 0.138. The molecule has 1 saturated carbocycles. The lowest BCUT2D eigenvalue weighted by atomic mass is 10.1. The highest BCUT2D eigenvalue weighted by Gasteiger charge is 2.42. The average molecular weight is 240 g/mol. The smallest absolute Gasteiger partial charge is 0.410 e. The minimum Gasteiger partial charge on any atom is -0.444 e. The van der Waals surface area contributed by atoms with E-state index in [2.05, 4.69) is 12.2 Å². The van der Waals surface area contributed by atoms with Crippen molar-refractivity contribution in [1.29, 1.82) is 0 Å². The van der Waals surface area contributed by atoms with E-state index < -0.39 is 5.60 Å². The van der Waals surface area contributed by atoms with Crippen molar-refractivity contribution in [3.05, 3.63) is 0 Å². The van der Waals surface area contributed by atoms with Gasteiger partial charge in [0.1, 0.15) is 5.60 Å². The molecule has 0 aromatic rings. The molecule has 1 amide bonds. The molecule has 2 unspecified atom stereocenters. The Bertz CT molecular complexity index is 294. The van der Waals surface area contributed by atoms with Crippen molar-refractivity contribution in [3.63, 3.8) is 0 Å². The molecule has 0 aromatic carbocycles. The van der Waals surface area contributed by atoms with E-state index in [1.54, 1.807) is 0 Å². The van der Waals surface area contributed by atoms with Crippen LogP contribution < -0.4 is 5.32 Å². The molecule has 2 atom stereocenters. The predicted molar refractivity (Wildman–Crippen MR) is 66.9 cm³/mol. The third-order valence-electron chi connectivity index (χ3n) is 3.38. The Morgan fingerprint density at radius 3 is 2.35 bits per heavy atom. The Morgan fingerprint density at radius 1 is 1.29 bits per heavy atom. The van der Waals surface area contributed by atoms with E-state index >= 15 is 0 Å². The van der Waals surface area contributed by atoms with Crippen molar-refractivity contribution in [2.45, 2.75) is 58.2 Å². The molecule has 0 spiro atoms. The van der Waals surface area contributed by atoms with Gasteiger partial charge in [0, 0.05) is 12.6 Å². The van der Waals surface area contributed by atoms with Crippen molar-refractivity contribution in [3.8, 4) is 0 Å². The number of ether oxygens (including phenoxy) is 1. The molecule has 17 heavy (non-hydrogen) atoms. The molecule has 98 valence electrons. The van der Waals surface area contributed by atoms with Gasteiger partial charge in [-0.1, -0.05) is 6.92 Å². The van der Waals surface area contributed by atoms with E-state index in [0.29, 0.717) is 18.0 Å². The van der Waals surface area contributed by atoms with Crippen LogP contribution in [0.2, 0.25) is 0 Å². The first-order chi connectivity index (χ1) is 7.88. The van der Waals surface area contributed by atoms with Gasteiger partial charge in [0.25, 0.3) is 0 Å². The number of rotatable bonds is 2. The molecule has 4 heteroatoms. The van der Waals surface area contributed by atoms with Crippen LogP contribution in [-0.2, 0) is 4.74 Å². The van der Waals surface area contributed by atoms with Crippen molar-refractivity contribution in [1.82, 2.24) is 10.2 Å². The molecule has 2 fully saturated rings. The third-order valence-corrected chi connectivity index (χ3v) is 3.38. The van der Waals surface area contributed by atoms with Crippen LogP contribution in [0.5, 0.6) is 0 Å². The summed E-state index contributed by atoms with van der Waals surface area (Å²) in [6.45, 7) is 9.86. The van der Waals surface area contributed by atoms with Crippen LogP contribution >= 0.6 is 0 Å². The van der Waals surface area contributed by atoms with E-state index in [9.17, 15) is 4.79 Å². The summed E-state index contributed by atoms with van der Waals surface area (Å²) in [4.78, 5) is 14.2. The maximum absolute atomic E-state index is 12.2. The van der Waals surface area contributed by atoms with E-state index in [-0.39, 0.29) is 6.09 Å². The number of carbonyl (C=O) groups excluding carboxylic acids is 1. The van der Waals surface area contributed by atoms with Gasteiger partial charge < -0.3 is 15.0 Å². The summed E-state index contributed by atoms with van der Waals surface area (Å²) in [5.41, 5.74) is -0.403. The van der Waals surface area contributed by atoms with E-state index in [4.69, 9.17) is 4.74 Å². The molecule has 0 bridgehead atoms. The number of nitrogens with one attached hydrogen (secondary N) is 1. The van der Waals surface area contributed by atoms with Gasteiger partial charge in [-0.05, 0) is 46.1 Å². The number of hydrogen-bond donors (Lipinski definition) is 1. The van der Waals surface area contributed by atoms with Gasteiger partial charge in [0.2, 0.25) is 0 Å². The Morgan fingerprint density at radius 2 is 1.94 bits per heavy atom. The Hall–Kier alpha value is -0.770. The van der Waals surface area contributed by atoms with Crippen molar-refractivity contribution in [2.75, 3.05) is 13.1 Å². The molecule has 2 aliphatic rings. The van der Waals surface area contributed by atoms with Crippen LogP contribution in [0.3, 0.4) is 0 Å². The first kappa shape index (κ1) is 12.7. The largest absolute Gasteiger partial charge is 0.444 e. The van der Waals surface area contributed by atoms with Gasteiger partial charge in [-0.2, -0.15) is 0 Å². The zero-order valence-corrected chi connectivity index (χ0v) is 11.3. The third kappa shape index (κ3) is 3.12. The summed E-state index contributed by atoms with van der Waals surface area (Å²) in [5.74, 6) is 0.517. The summed E-state index contributed by atoms with van der Waals surface area (Å²) < 4.78 is 5.52. The standard InChI is InChI=1S/C13H24N2O2/c1-9-7-14-8-11(9)15(10-5-6-10)12(16)17-13(2,3)4/h9-11,14H,5-8H2,1-4H3. The second-order valence-electron chi connectivity index (χ2n) is 6.32. The predicted octanol–water partition coefficient (Wildman–Crippen LogP) is 1.99.